The highest BCUT2D eigenvalue weighted by Gasteiger charge is 2.53. The Morgan fingerprint density at radius 2 is 1.97 bits per heavy atom. The molecule has 5 atom stereocenters. The molecule has 3 N–H and O–H groups in total. The number of aliphatic hydroxyl groups excluding tert-OH is 1. The summed E-state index contributed by atoms with van der Waals surface area (Å²) in [5, 5.41) is 16.2. The molecule has 4 aliphatic rings. The van der Waals surface area contributed by atoms with Crippen LogP contribution in [0.25, 0.3) is 5.65 Å². The van der Waals surface area contributed by atoms with E-state index in [2.05, 4.69) is 29.5 Å². The molecule has 4 saturated carbocycles. The predicted molar refractivity (Wildman–Crippen MR) is 121 cm³/mol. The fourth-order valence-corrected chi connectivity index (χ4v) is 6.35. The first-order valence-electron chi connectivity index (χ1n) is 12.1. The van der Waals surface area contributed by atoms with E-state index >= 15 is 0 Å². The number of amides is 2. The van der Waals surface area contributed by atoms with Crippen LogP contribution >= 0.6 is 0 Å². The van der Waals surface area contributed by atoms with Gasteiger partial charge in [0.25, 0.3) is 11.8 Å². The maximum Gasteiger partial charge on any atom is 0.271 e. The fourth-order valence-electron chi connectivity index (χ4n) is 6.35. The number of nitrogens with one attached hydrogen (secondary N) is 2. The van der Waals surface area contributed by atoms with Crippen molar-refractivity contribution in [2.24, 2.45) is 23.2 Å². The largest absolute Gasteiger partial charge is 0.391 e. The van der Waals surface area contributed by atoms with Gasteiger partial charge in [-0.25, -0.2) is 4.98 Å². The normalized spacial score (nSPS) is 31.0. The highest BCUT2D eigenvalue weighted by molar-refractivity contribution is 5.95. The SMILES string of the molecule is CC1(C)[C@H]2CC[C@@H](CNC(=O)c3cccc4nc(C(=O)N[C@@H]5CCCC[C@H]5O)cn34)[C@@H]1C2. The number of carbonyl (C=O) groups excluding carboxylic acids is 2. The molecule has 0 saturated heterocycles. The van der Waals surface area contributed by atoms with Crippen LogP contribution in [-0.2, 0) is 0 Å². The zero-order valence-electron chi connectivity index (χ0n) is 19.0. The number of aliphatic hydroxyl groups is 1. The number of carbonyl (C=O) groups is 2. The first-order chi connectivity index (χ1) is 15.3. The number of aromatic nitrogens is 2. The third-order valence-electron chi connectivity index (χ3n) is 8.53. The first kappa shape index (κ1) is 21.4. The second kappa shape index (κ2) is 8.18. The highest BCUT2D eigenvalue weighted by Crippen LogP contribution is 2.61. The van der Waals surface area contributed by atoms with Gasteiger partial charge in [-0.2, -0.15) is 0 Å². The molecule has 4 aliphatic carbocycles. The molecule has 172 valence electrons. The van der Waals surface area contributed by atoms with Gasteiger partial charge >= 0.3 is 0 Å². The van der Waals surface area contributed by atoms with Crippen LogP contribution in [-0.4, -0.2) is 45.0 Å². The third-order valence-corrected chi connectivity index (χ3v) is 8.53. The van der Waals surface area contributed by atoms with E-state index in [1.807, 2.05) is 0 Å². The van der Waals surface area contributed by atoms with Crippen LogP contribution in [0.4, 0.5) is 0 Å². The number of hydrogen-bond acceptors (Lipinski definition) is 4. The van der Waals surface area contributed by atoms with Crippen molar-refractivity contribution >= 4 is 17.5 Å². The molecule has 0 unspecified atom stereocenters. The Morgan fingerprint density at radius 3 is 2.72 bits per heavy atom. The summed E-state index contributed by atoms with van der Waals surface area (Å²) in [6.45, 7) is 5.42. The zero-order valence-corrected chi connectivity index (χ0v) is 19.0. The van der Waals surface area contributed by atoms with Gasteiger partial charge in [0.15, 0.2) is 0 Å². The van der Waals surface area contributed by atoms with Crippen molar-refractivity contribution in [1.29, 1.82) is 0 Å². The molecule has 7 heteroatoms. The van der Waals surface area contributed by atoms with Crippen molar-refractivity contribution in [3.05, 3.63) is 35.8 Å². The lowest BCUT2D eigenvalue weighted by Crippen LogP contribution is -2.54. The number of pyridine rings is 1. The summed E-state index contributed by atoms with van der Waals surface area (Å²) in [5.74, 6) is 1.62. The molecule has 0 aliphatic heterocycles. The molecule has 32 heavy (non-hydrogen) atoms. The topological polar surface area (TPSA) is 95.7 Å². The van der Waals surface area contributed by atoms with E-state index < -0.39 is 6.10 Å². The van der Waals surface area contributed by atoms with E-state index in [0.29, 0.717) is 41.6 Å². The molecule has 2 amide bonds. The van der Waals surface area contributed by atoms with Gasteiger partial charge < -0.3 is 15.7 Å². The molecule has 4 fully saturated rings. The summed E-state index contributed by atoms with van der Waals surface area (Å²) in [6, 6.07) is 5.11. The minimum atomic E-state index is -0.512. The van der Waals surface area contributed by atoms with Crippen LogP contribution in [0.5, 0.6) is 0 Å². The Labute approximate surface area is 189 Å². The summed E-state index contributed by atoms with van der Waals surface area (Å²) in [6.07, 6.45) is 8.31. The lowest BCUT2D eigenvalue weighted by molar-refractivity contribution is -0.103. The Balaban J connectivity index is 1.27. The standard InChI is InChI=1S/C25H34N4O3/c1-25(2)16-11-10-15(17(25)12-16)13-26-24(32)20-7-5-9-22-27-19(14-29(20)22)23(31)28-18-6-3-4-8-21(18)30/h5,7,9,14-18,21,30H,3-4,6,8,10-13H2,1-2H3,(H,26,32)(H,28,31)/t15-,16-,17-,18+,21+/m0/s1. The molecule has 0 spiro atoms. The minimum absolute atomic E-state index is 0.137. The number of fused-ring (bicyclic) bond motifs is 3. The van der Waals surface area contributed by atoms with Crippen molar-refractivity contribution in [3.63, 3.8) is 0 Å². The molecule has 6 rings (SSSR count). The predicted octanol–water partition coefficient (Wildman–Crippen LogP) is 3.17. The summed E-state index contributed by atoms with van der Waals surface area (Å²) in [4.78, 5) is 30.2. The van der Waals surface area contributed by atoms with E-state index in [4.69, 9.17) is 0 Å². The summed E-state index contributed by atoms with van der Waals surface area (Å²) in [7, 11) is 0. The number of rotatable bonds is 5. The van der Waals surface area contributed by atoms with Gasteiger partial charge in [-0.05, 0) is 67.4 Å². The minimum Gasteiger partial charge on any atom is -0.391 e. The van der Waals surface area contributed by atoms with Crippen molar-refractivity contribution in [3.8, 4) is 0 Å². The van der Waals surface area contributed by atoms with Crippen molar-refractivity contribution in [2.75, 3.05) is 6.54 Å². The van der Waals surface area contributed by atoms with Gasteiger partial charge in [-0.1, -0.05) is 32.8 Å². The van der Waals surface area contributed by atoms with Crippen molar-refractivity contribution in [2.45, 2.75) is 70.9 Å². The van der Waals surface area contributed by atoms with E-state index in [-0.39, 0.29) is 23.6 Å². The van der Waals surface area contributed by atoms with Crippen molar-refractivity contribution in [1.82, 2.24) is 20.0 Å². The number of hydrogen-bond donors (Lipinski definition) is 3. The van der Waals surface area contributed by atoms with Crippen LogP contribution in [0.15, 0.2) is 24.4 Å². The molecular formula is C25H34N4O3. The molecule has 2 aromatic rings. The summed E-state index contributed by atoms with van der Waals surface area (Å²) in [5.41, 5.74) is 1.70. The zero-order chi connectivity index (χ0) is 22.5. The molecule has 2 heterocycles. The lowest BCUT2D eigenvalue weighted by atomic mass is 9.45. The third kappa shape index (κ3) is 3.70. The lowest BCUT2D eigenvalue weighted by Gasteiger charge is -2.60. The van der Waals surface area contributed by atoms with Gasteiger partial charge in [0, 0.05) is 12.7 Å². The average molecular weight is 439 g/mol. The molecule has 2 aromatic heterocycles. The van der Waals surface area contributed by atoms with Crippen LogP contribution < -0.4 is 10.6 Å². The maximum atomic E-state index is 13.0. The highest BCUT2D eigenvalue weighted by atomic mass is 16.3. The Bertz CT molecular complexity index is 1030. The molecule has 7 nitrogen and oxygen atoms in total. The van der Waals surface area contributed by atoms with Gasteiger partial charge in [0.1, 0.15) is 17.0 Å². The number of nitrogens with zero attached hydrogens (tertiary/aromatic N) is 2. The second-order valence-electron chi connectivity index (χ2n) is 10.6. The van der Waals surface area contributed by atoms with Crippen LogP contribution in [0.2, 0.25) is 0 Å². The van der Waals surface area contributed by atoms with Gasteiger partial charge in [-0.15, -0.1) is 0 Å². The summed E-state index contributed by atoms with van der Waals surface area (Å²) < 4.78 is 1.69. The van der Waals surface area contributed by atoms with Crippen LogP contribution in [0, 0.1) is 23.2 Å². The maximum absolute atomic E-state index is 13.0. The van der Waals surface area contributed by atoms with Gasteiger partial charge in [-0.3, -0.25) is 14.0 Å². The van der Waals surface area contributed by atoms with Gasteiger partial charge in [0.05, 0.1) is 12.1 Å². The smallest absolute Gasteiger partial charge is 0.271 e. The number of imidazole rings is 1. The van der Waals surface area contributed by atoms with E-state index in [9.17, 15) is 14.7 Å². The Kier molecular flexibility index (Phi) is 5.48. The van der Waals surface area contributed by atoms with E-state index in [1.54, 1.807) is 28.8 Å². The first-order valence-corrected chi connectivity index (χ1v) is 12.1. The monoisotopic (exact) mass is 438 g/mol. The quantitative estimate of drug-likeness (QED) is 0.668. The Morgan fingerprint density at radius 1 is 1.16 bits per heavy atom. The van der Waals surface area contributed by atoms with Crippen LogP contribution in [0.3, 0.4) is 0 Å². The van der Waals surface area contributed by atoms with E-state index in [1.165, 1.54) is 19.3 Å². The van der Waals surface area contributed by atoms with Crippen molar-refractivity contribution < 1.29 is 14.7 Å². The second-order valence-corrected chi connectivity index (χ2v) is 10.6. The summed E-state index contributed by atoms with van der Waals surface area (Å²) >= 11 is 0. The fraction of sp³-hybridized carbons (Fsp3) is 0.640. The molecule has 2 bridgehead atoms. The molecular weight excluding hydrogens is 404 g/mol. The molecule has 0 radical (unpaired) electrons. The van der Waals surface area contributed by atoms with Crippen LogP contribution in [0.1, 0.15) is 79.8 Å². The average Bonchev–Trinajstić information content (AvgIpc) is 3.23. The molecule has 0 aromatic carbocycles. The van der Waals surface area contributed by atoms with E-state index in [0.717, 1.165) is 25.2 Å². The van der Waals surface area contributed by atoms with Gasteiger partial charge in [0.2, 0.25) is 0 Å². The Hall–Kier alpha value is -2.41.